The summed E-state index contributed by atoms with van der Waals surface area (Å²) in [6.45, 7) is 6.28. The molecular weight excluding hydrogens is 176 g/mol. The zero-order chi connectivity index (χ0) is 8.48. The highest BCUT2D eigenvalue weighted by atomic mass is 33.1. The minimum absolute atomic E-state index is 0.0419. The number of H-pyrrole nitrogens is 1. The van der Waals surface area contributed by atoms with Crippen molar-refractivity contribution in [2.24, 2.45) is 0 Å². The van der Waals surface area contributed by atoms with Gasteiger partial charge in [0.2, 0.25) is 0 Å². The monoisotopic (exact) mass is 188 g/mol. The second-order valence-electron chi connectivity index (χ2n) is 3.01. The van der Waals surface area contributed by atoms with E-state index in [0.29, 0.717) is 0 Å². The van der Waals surface area contributed by atoms with E-state index in [1.165, 1.54) is 16.4 Å². The molecule has 1 heterocycles. The summed E-state index contributed by atoms with van der Waals surface area (Å²) >= 11 is 4.21. The van der Waals surface area contributed by atoms with E-state index in [9.17, 15) is 0 Å². The first kappa shape index (κ1) is 9.00. The van der Waals surface area contributed by atoms with Gasteiger partial charge in [0.05, 0.1) is 6.20 Å². The molecule has 1 aromatic heterocycles. The number of aromatic amines is 1. The van der Waals surface area contributed by atoms with Crippen LogP contribution in [0.3, 0.4) is 0 Å². The number of aryl methyl sites for hydroxylation is 1. The summed E-state index contributed by atoms with van der Waals surface area (Å²) in [4.78, 5) is 0. The third kappa shape index (κ3) is 1.73. The quantitative estimate of drug-likeness (QED) is 0.551. The molecule has 0 bridgehead atoms. The summed E-state index contributed by atoms with van der Waals surface area (Å²) < 4.78 is 0.0419. The predicted octanol–water partition coefficient (Wildman–Crippen LogP) is 2.53. The third-order valence-electron chi connectivity index (χ3n) is 1.71. The molecule has 11 heavy (non-hydrogen) atoms. The van der Waals surface area contributed by atoms with Gasteiger partial charge in [-0.05, 0) is 20.8 Å². The average molecular weight is 188 g/mol. The van der Waals surface area contributed by atoms with Crippen molar-refractivity contribution in [3.05, 3.63) is 17.5 Å². The molecular formula is C7H12N2S2. The lowest BCUT2D eigenvalue weighted by Gasteiger charge is -2.19. The Hall–Kier alpha value is -0.0900. The van der Waals surface area contributed by atoms with Gasteiger partial charge in [-0.15, -0.1) is 11.7 Å². The molecule has 0 spiro atoms. The van der Waals surface area contributed by atoms with Crippen LogP contribution in [0, 0.1) is 6.92 Å². The molecule has 0 fully saturated rings. The van der Waals surface area contributed by atoms with Crippen molar-refractivity contribution in [1.82, 2.24) is 10.2 Å². The molecule has 0 aromatic carbocycles. The fraction of sp³-hybridized carbons (Fsp3) is 0.571. The molecule has 0 aliphatic heterocycles. The van der Waals surface area contributed by atoms with E-state index >= 15 is 0 Å². The fourth-order valence-electron chi connectivity index (χ4n) is 1.01. The fourth-order valence-corrected chi connectivity index (χ4v) is 1.61. The van der Waals surface area contributed by atoms with Crippen molar-refractivity contribution in [3.63, 3.8) is 0 Å². The number of thiol groups is 1. The first-order chi connectivity index (χ1) is 5.08. The van der Waals surface area contributed by atoms with Crippen molar-refractivity contribution in [1.29, 1.82) is 0 Å². The summed E-state index contributed by atoms with van der Waals surface area (Å²) in [5, 5.41) is 6.88. The molecule has 1 aromatic rings. The van der Waals surface area contributed by atoms with E-state index in [0.717, 1.165) is 5.69 Å². The molecule has 0 unspecified atom stereocenters. The average Bonchev–Trinajstić information content (AvgIpc) is 2.36. The van der Waals surface area contributed by atoms with Gasteiger partial charge in [-0.3, -0.25) is 5.10 Å². The third-order valence-corrected chi connectivity index (χ3v) is 3.75. The molecule has 4 heteroatoms. The molecule has 0 aliphatic carbocycles. The Balaban J connectivity index is 3.00. The highest BCUT2D eigenvalue weighted by Crippen LogP contribution is 2.38. The van der Waals surface area contributed by atoms with Gasteiger partial charge in [0.25, 0.3) is 0 Å². The molecule has 0 aliphatic rings. The molecule has 62 valence electrons. The largest absolute Gasteiger partial charge is 0.283 e. The molecule has 1 rings (SSSR count). The SMILES string of the molecule is Cc1[nH]ncc1C(C)(C)SS. The van der Waals surface area contributed by atoms with Gasteiger partial charge in [-0.25, -0.2) is 0 Å². The Morgan fingerprint density at radius 3 is 2.64 bits per heavy atom. The van der Waals surface area contributed by atoms with Gasteiger partial charge >= 0.3 is 0 Å². The first-order valence-corrected chi connectivity index (χ1v) is 5.28. The molecule has 1 N–H and O–H groups in total. The van der Waals surface area contributed by atoms with Gasteiger partial charge < -0.3 is 0 Å². The number of hydrogen-bond acceptors (Lipinski definition) is 3. The lowest BCUT2D eigenvalue weighted by atomic mass is 10.0. The molecule has 2 nitrogen and oxygen atoms in total. The van der Waals surface area contributed by atoms with Crippen LogP contribution in [0.1, 0.15) is 25.1 Å². The van der Waals surface area contributed by atoms with Crippen molar-refractivity contribution in [3.8, 4) is 0 Å². The summed E-state index contributed by atoms with van der Waals surface area (Å²) in [7, 11) is 1.53. The summed E-state index contributed by atoms with van der Waals surface area (Å²) in [6.07, 6.45) is 1.86. The zero-order valence-corrected chi connectivity index (χ0v) is 8.59. The van der Waals surface area contributed by atoms with Crippen LogP contribution in [0.2, 0.25) is 0 Å². The maximum Gasteiger partial charge on any atom is 0.0536 e. The number of hydrogen-bond donors (Lipinski definition) is 2. The van der Waals surface area contributed by atoms with Crippen LogP contribution in [0.15, 0.2) is 6.20 Å². The van der Waals surface area contributed by atoms with Crippen LogP contribution in [-0.4, -0.2) is 10.2 Å². The molecule has 0 saturated carbocycles. The smallest absolute Gasteiger partial charge is 0.0536 e. The number of rotatable bonds is 2. The van der Waals surface area contributed by atoms with Crippen molar-refractivity contribution < 1.29 is 0 Å². The molecule has 0 radical (unpaired) electrons. The molecule has 0 atom stereocenters. The molecule has 0 amide bonds. The lowest BCUT2D eigenvalue weighted by molar-refractivity contribution is 0.782. The van der Waals surface area contributed by atoms with E-state index in [1.807, 2.05) is 13.1 Å². The highest BCUT2D eigenvalue weighted by molar-refractivity contribution is 8.68. The Labute approximate surface area is 76.0 Å². The van der Waals surface area contributed by atoms with Crippen LogP contribution in [0.4, 0.5) is 0 Å². The van der Waals surface area contributed by atoms with Crippen LogP contribution < -0.4 is 0 Å². The predicted molar refractivity (Wildman–Crippen MR) is 52.9 cm³/mol. The van der Waals surface area contributed by atoms with Crippen LogP contribution >= 0.6 is 22.5 Å². The highest BCUT2D eigenvalue weighted by Gasteiger charge is 2.22. The van der Waals surface area contributed by atoms with Crippen LogP contribution in [0.5, 0.6) is 0 Å². The van der Waals surface area contributed by atoms with Crippen LogP contribution in [0.25, 0.3) is 0 Å². The Bertz CT molecular complexity index is 242. The van der Waals surface area contributed by atoms with E-state index in [4.69, 9.17) is 0 Å². The minimum atomic E-state index is 0.0419. The summed E-state index contributed by atoms with van der Waals surface area (Å²) in [5.74, 6) is 0. The summed E-state index contributed by atoms with van der Waals surface area (Å²) in [5.41, 5.74) is 2.34. The number of aromatic nitrogens is 2. The second-order valence-corrected chi connectivity index (χ2v) is 4.76. The first-order valence-electron chi connectivity index (χ1n) is 3.41. The van der Waals surface area contributed by atoms with Gasteiger partial charge in [0, 0.05) is 16.0 Å². The number of nitrogens with zero attached hydrogens (tertiary/aromatic N) is 1. The van der Waals surface area contributed by atoms with E-state index in [2.05, 4.69) is 35.7 Å². The molecule has 0 saturated heterocycles. The maximum atomic E-state index is 4.21. The maximum absolute atomic E-state index is 4.21. The topological polar surface area (TPSA) is 28.7 Å². The van der Waals surface area contributed by atoms with Crippen molar-refractivity contribution in [2.75, 3.05) is 0 Å². The second kappa shape index (κ2) is 3.11. The van der Waals surface area contributed by atoms with Crippen molar-refractivity contribution in [2.45, 2.75) is 25.5 Å². The van der Waals surface area contributed by atoms with Crippen LogP contribution in [-0.2, 0) is 4.75 Å². The Morgan fingerprint density at radius 1 is 1.64 bits per heavy atom. The van der Waals surface area contributed by atoms with E-state index in [-0.39, 0.29) is 4.75 Å². The zero-order valence-electron chi connectivity index (χ0n) is 6.88. The van der Waals surface area contributed by atoms with Crippen molar-refractivity contribution >= 4 is 22.5 Å². The Kier molecular flexibility index (Phi) is 2.54. The summed E-state index contributed by atoms with van der Waals surface area (Å²) in [6, 6.07) is 0. The minimum Gasteiger partial charge on any atom is -0.283 e. The standard InChI is InChI=1S/C7H12N2S2/c1-5-6(4-8-9-5)7(2,3)11-10/h4,10H,1-3H3,(H,8,9). The normalized spacial score (nSPS) is 12.0. The van der Waals surface area contributed by atoms with Gasteiger partial charge in [-0.2, -0.15) is 5.10 Å². The van der Waals surface area contributed by atoms with E-state index < -0.39 is 0 Å². The van der Waals surface area contributed by atoms with Gasteiger partial charge in [0.15, 0.2) is 0 Å². The number of nitrogens with one attached hydrogen (secondary N) is 1. The Morgan fingerprint density at radius 2 is 2.27 bits per heavy atom. The van der Waals surface area contributed by atoms with E-state index in [1.54, 1.807) is 0 Å². The lowest BCUT2D eigenvalue weighted by Crippen LogP contribution is -2.10. The van der Waals surface area contributed by atoms with Gasteiger partial charge in [0.1, 0.15) is 0 Å². The van der Waals surface area contributed by atoms with Gasteiger partial charge in [-0.1, -0.05) is 10.8 Å².